The predicted molar refractivity (Wildman–Crippen MR) is 182 cm³/mol. The second kappa shape index (κ2) is 10.3. The van der Waals surface area contributed by atoms with Gasteiger partial charge in [0.2, 0.25) is 0 Å². The fourth-order valence-corrected chi connectivity index (χ4v) is 6.91. The van der Waals surface area contributed by atoms with Crippen LogP contribution in [0.1, 0.15) is 61.8 Å². The van der Waals surface area contributed by atoms with Crippen LogP contribution >= 0.6 is 0 Å². The van der Waals surface area contributed by atoms with E-state index in [9.17, 15) is 0 Å². The van der Waals surface area contributed by atoms with Crippen LogP contribution < -0.4 is 4.57 Å². The number of para-hydroxylation sites is 3. The van der Waals surface area contributed by atoms with Crippen molar-refractivity contribution in [2.75, 3.05) is 0 Å². The van der Waals surface area contributed by atoms with Crippen LogP contribution in [0.3, 0.4) is 0 Å². The number of hydrogen-bond donors (Lipinski definition) is 0. The molecule has 0 fully saturated rings. The molecule has 0 saturated heterocycles. The number of fused-ring (bicyclic) bond motifs is 4. The van der Waals surface area contributed by atoms with E-state index in [4.69, 9.17) is 0 Å². The molecule has 214 valence electrons. The molecule has 0 unspecified atom stereocenters. The van der Waals surface area contributed by atoms with Crippen molar-refractivity contribution in [1.82, 2.24) is 9.13 Å². The molecule has 3 heteroatoms. The van der Waals surface area contributed by atoms with E-state index >= 15 is 0 Å². The van der Waals surface area contributed by atoms with Crippen LogP contribution in [0.5, 0.6) is 0 Å². The van der Waals surface area contributed by atoms with Crippen LogP contribution in [0, 0.1) is 13.8 Å². The first-order valence-electron chi connectivity index (χ1n) is 15.5. The van der Waals surface area contributed by atoms with Crippen molar-refractivity contribution in [1.29, 1.82) is 0 Å². The minimum atomic E-state index is 0.371. The van der Waals surface area contributed by atoms with Crippen molar-refractivity contribution in [2.24, 2.45) is 7.05 Å². The molecule has 0 radical (unpaired) electrons. The molecule has 0 aliphatic heterocycles. The monoisotopic (exact) mass is 562 g/mol. The Labute approximate surface area is 254 Å². The number of aromatic nitrogens is 3. The molecule has 2 heterocycles. The highest BCUT2D eigenvalue weighted by molar-refractivity contribution is 6.10. The zero-order chi connectivity index (χ0) is 30.0. The van der Waals surface area contributed by atoms with Crippen LogP contribution in [-0.2, 0) is 7.05 Å². The van der Waals surface area contributed by atoms with E-state index in [0.717, 1.165) is 5.95 Å². The van der Waals surface area contributed by atoms with Crippen molar-refractivity contribution in [3.63, 3.8) is 0 Å². The molecule has 0 aliphatic carbocycles. The number of hydrogen-bond acceptors (Lipinski definition) is 0. The maximum absolute atomic E-state index is 2.55. The second-order valence-corrected chi connectivity index (χ2v) is 12.7. The average molecular weight is 563 g/mol. The van der Waals surface area contributed by atoms with Gasteiger partial charge in [0.05, 0.1) is 7.05 Å². The summed E-state index contributed by atoms with van der Waals surface area (Å²) in [6.07, 6.45) is 0. The third-order valence-corrected chi connectivity index (χ3v) is 9.13. The SMILES string of the molecule is Cc1ccc(-c2ccc3c(c2)n(C)c(-n2c4ccccc4c4cccc(C)c42)[n+]3-c2c(C(C)C)cccc2C(C)C)cc1. The Morgan fingerprint density at radius 1 is 0.605 bits per heavy atom. The molecular formula is C40H40N3+. The smallest absolute Gasteiger partial charge is 0.230 e. The Hall–Kier alpha value is -4.63. The lowest BCUT2D eigenvalue weighted by molar-refractivity contribution is -0.563. The molecule has 0 atom stereocenters. The summed E-state index contributed by atoms with van der Waals surface area (Å²) in [5.41, 5.74) is 13.9. The topological polar surface area (TPSA) is 13.7 Å². The molecule has 3 nitrogen and oxygen atoms in total. The number of rotatable bonds is 5. The van der Waals surface area contributed by atoms with Gasteiger partial charge in [0, 0.05) is 10.8 Å². The third kappa shape index (κ3) is 4.21. The molecule has 2 aromatic heterocycles. The maximum Gasteiger partial charge on any atom is 0.375 e. The standard InChI is InChI=1S/C40H40N3/c1-25(2)31-14-11-15-32(26(3)4)39(31)43-36-23-22-30(29-20-18-27(5)19-21-29)24-37(36)41(7)40(43)42-35-17-9-8-13-33(35)34-16-10-12-28(6)38(34)42/h8-26H,1-7H3/q+1. The first-order valence-corrected chi connectivity index (χ1v) is 15.5. The van der Waals surface area contributed by atoms with Gasteiger partial charge in [-0.2, -0.15) is 9.13 Å². The summed E-state index contributed by atoms with van der Waals surface area (Å²) in [4.78, 5) is 0. The molecule has 0 saturated carbocycles. The quantitative estimate of drug-likeness (QED) is 0.185. The minimum absolute atomic E-state index is 0.371. The first kappa shape index (κ1) is 27.2. The largest absolute Gasteiger partial charge is 0.375 e. The molecule has 5 aromatic carbocycles. The summed E-state index contributed by atoms with van der Waals surface area (Å²) in [7, 11) is 2.24. The normalized spacial score (nSPS) is 12.0. The Kier molecular flexibility index (Phi) is 6.50. The molecule has 0 aliphatic rings. The van der Waals surface area contributed by atoms with Gasteiger partial charge in [-0.1, -0.05) is 118 Å². The van der Waals surface area contributed by atoms with E-state index in [-0.39, 0.29) is 0 Å². The van der Waals surface area contributed by atoms with Crippen molar-refractivity contribution < 1.29 is 4.57 Å². The number of imidazole rings is 1. The fraction of sp³-hybridized carbons (Fsp3) is 0.225. The second-order valence-electron chi connectivity index (χ2n) is 12.7. The Morgan fingerprint density at radius 3 is 1.93 bits per heavy atom. The number of aryl methyl sites for hydroxylation is 3. The highest BCUT2D eigenvalue weighted by atomic mass is 15.3. The lowest BCUT2D eigenvalue weighted by atomic mass is 9.92. The van der Waals surface area contributed by atoms with Crippen LogP contribution in [0.2, 0.25) is 0 Å². The first-order chi connectivity index (χ1) is 20.8. The molecule has 7 aromatic rings. The van der Waals surface area contributed by atoms with Crippen LogP contribution in [0.25, 0.3) is 55.6 Å². The molecule has 0 bridgehead atoms. The zero-order valence-corrected chi connectivity index (χ0v) is 26.3. The predicted octanol–water partition coefficient (Wildman–Crippen LogP) is 10.1. The van der Waals surface area contributed by atoms with Gasteiger partial charge < -0.3 is 0 Å². The molecule has 0 spiro atoms. The van der Waals surface area contributed by atoms with Gasteiger partial charge in [-0.05, 0) is 71.7 Å². The third-order valence-electron chi connectivity index (χ3n) is 9.13. The van der Waals surface area contributed by atoms with Gasteiger partial charge in [0.25, 0.3) is 0 Å². The Balaban J connectivity index is 1.69. The summed E-state index contributed by atoms with van der Waals surface area (Å²) in [6.45, 7) is 13.6. The lowest BCUT2D eigenvalue weighted by Crippen LogP contribution is -2.38. The fourth-order valence-electron chi connectivity index (χ4n) is 6.91. The van der Waals surface area contributed by atoms with E-state index < -0.39 is 0 Å². The lowest BCUT2D eigenvalue weighted by Gasteiger charge is -2.19. The number of benzene rings is 5. The summed E-state index contributed by atoms with van der Waals surface area (Å²) in [6, 6.07) is 38.3. The van der Waals surface area contributed by atoms with Gasteiger partial charge in [-0.15, -0.1) is 0 Å². The van der Waals surface area contributed by atoms with Crippen molar-refractivity contribution in [3.8, 4) is 22.8 Å². The van der Waals surface area contributed by atoms with Gasteiger partial charge in [0.1, 0.15) is 27.8 Å². The summed E-state index contributed by atoms with van der Waals surface area (Å²) >= 11 is 0. The van der Waals surface area contributed by atoms with Gasteiger partial charge in [-0.25, -0.2) is 4.57 Å². The van der Waals surface area contributed by atoms with Crippen LogP contribution in [0.4, 0.5) is 0 Å². The van der Waals surface area contributed by atoms with Crippen molar-refractivity contribution in [3.05, 3.63) is 125 Å². The highest BCUT2D eigenvalue weighted by Gasteiger charge is 2.32. The van der Waals surface area contributed by atoms with E-state index in [0.29, 0.717) is 11.8 Å². The molecule has 0 N–H and O–H groups in total. The highest BCUT2D eigenvalue weighted by Crippen LogP contribution is 2.37. The van der Waals surface area contributed by atoms with Gasteiger partial charge >= 0.3 is 5.95 Å². The Bertz CT molecular complexity index is 2130. The van der Waals surface area contributed by atoms with E-state index in [1.807, 2.05) is 0 Å². The van der Waals surface area contributed by atoms with Crippen LogP contribution in [-0.4, -0.2) is 9.13 Å². The molecular weight excluding hydrogens is 522 g/mol. The summed E-state index contributed by atoms with van der Waals surface area (Å²) in [5.74, 6) is 1.89. The minimum Gasteiger partial charge on any atom is -0.230 e. The molecule has 7 rings (SSSR count). The van der Waals surface area contributed by atoms with E-state index in [1.54, 1.807) is 0 Å². The van der Waals surface area contributed by atoms with Gasteiger partial charge in [-0.3, -0.25) is 0 Å². The summed E-state index contributed by atoms with van der Waals surface area (Å²) in [5, 5.41) is 2.56. The maximum atomic E-state index is 2.55. The Morgan fingerprint density at radius 2 is 1.23 bits per heavy atom. The molecule has 43 heavy (non-hydrogen) atoms. The molecule has 0 amide bonds. The summed E-state index contributed by atoms with van der Waals surface area (Å²) < 4.78 is 7.47. The van der Waals surface area contributed by atoms with Crippen molar-refractivity contribution in [2.45, 2.75) is 53.4 Å². The van der Waals surface area contributed by atoms with E-state index in [1.165, 1.54) is 71.9 Å². The van der Waals surface area contributed by atoms with Crippen LogP contribution in [0.15, 0.2) is 103 Å². The van der Waals surface area contributed by atoms with Crippen molar-refractivity contribution >= 4 is 32.8 Å². The van der Waals surface area contributed by atoms with E-state index in [2.05, 4.69) is 165 Å². The number of nitrogens with zero attached hydrogens (tertiary/aromatic N) is 3. The zero-order valence-electron chi connectivity index (χ0n) is 26.3. The average Bonchev–Trinajstić information content (AvgIpc) is 3.49. The van der Waals surface area contributed by atoms with Gasteiger partial charge in [0.15, 0.2) is 0 Å².